The molecule has 18 nitrogen and oxygen atoms in total. The summed E-state index contributed by atoms with van der Waals surface area (Å²) in [4.78, 5) is 101. The lowest BCUT2D eigenvalue weighted by molar-refractivity contribution is -0.143. The topological polar surface area (TPSA) is 295 Å². The Morgan fingerprint density at radius 2 is 1.15 bits per heavy atom. The fourth-order valence-corrected chi connectivity index (χ4v) is 5.25. The Labute approximate surface area is 318 Å². The molecule has 0 heterocycles. The lowest BCUT2D eigenvalue weighted by Crippen LogP contribution is -2.58. The fourth-order valence-electron chi connectivity index (χ4n) is 5.25. The van der Waals surface area contributed by atoms with Crippen molar-refractivity contribution in [3.8, 4) is 5.75 Å². The summed E-state index contributed by atoms with van der Waals surface area (Å²) < 4.78 is 0. The summed E-state index contributed by atoms with van der Waals surface area (Å²) >= 11 is 0. The highest BCUT2D eigenvalue weighted by atomic mass is 16.4. The minimum absolute atomic E-state index is 0.0610. The van der Waals surface area contributed by atoms with Crippen LogP contribution in [0.5, 0.6) is 5.75 Å². The number of amides is 7. The van der Waals surface area contributed by atoms with Gasteiger partial charge >= 0.3 is 5.97 Å². The average Bonchev–Trinajstić information content (AvgIpc) is 3.09. The Morgan fingerprint density at radius 3 is 1.69 bits per heavy atom. The quantitative estimate of drug-likeness (QED) is 0.0659. The van der Waals surface area contributed by atoms with Gasteiger partial charge in [-0.2, -0.15) is 0 Å². The largest absolute Gasteiger partial charge is 0.508 e. The molecule has 7 amide bonds. The molecule has 0 fully saturated rings. The molecule has 2 rings (SSSR count). The number of carbonyl (C=O) groups excluding carboxylic acids is 7. The Hall–Kier alpha value is -6.04. The zero-order valence-corrected chi connectivity index (χ0v) is 31.2. The molecule has 2 aromatic carbocycles. The number of aliphatic carboxylic acids is 1. The number of aromatic hydroxyl groups is 1. The minimum atomic E-state index is -1.69. The van der Waals surface area contributed by atoms with Crippen LogP contribution in [0.1, 0.15) is 58.1 Å². The molecule has 0 aliphatic carbocycles. The number of carbonyl (C=O) groups is 8. The highest BCUT2D eigenvalue weighted by Crippen LogP contribution is 2.13. The van der Waals surface area contributed by atoms with E-state index in [1.807, 2.05) is 0 Å². The fraction of sp³-hybridized carbons (Fsp3) is 0.459. The zero-order chi connectivity index (χ0) is 41.2. The molecule has 6 atom stereocenters. The molecule has 11 N–H and O–H groups in total. The molecule has 0 spiro atoms. The van der Waals surface area contributed by atoms with Gasteiger partial charge < -0.3 is 53.0 Å². The molecule has 1 unspecified atom stereocenters. The van der Waals surface area contributed by atoms with Crippen LogP contribution in [0, 0.1) is 5.92 Å². The molecule has 0 radical (unpaired) electrons. The Bertz CT molecular complexity index is 1650. The van der Waals surface area contributed by atoms with Crippen LogP contribution in [0.3, 0.4) is 0 Å². The molecular formula is C37H51N7O11. The van der Waals surface area contributed by atoms with Gasteiger partial charge in [0.15, 0.2) is 0 Å². The summed E-state index contributed by atoms with van der Waals surface area (Å²) in [6.07, 6.45) is -1.88. The van der Waals surface area contributed by atoms with Crippen LogP contribution in [0.25, 0.3) is 0 Å². The molecule has 300 valence electrons. The molecule has 0 aliphatic rings. The zero-order valence-electron chi connectivity index (χ0n) is 31.2. The number of nitrogens with one attached hydrogen (secondary N) is 6. The van der Waals surface area contributed by atoms with Gasteiger partial charge in [0.2, 0.25) is 41.4 Å². The number of hydrogen-bond donors (Lipinski definition) is 10. The molecule has 0 saturated heterocycles. The van der Waals surface area contributed by atoms with Crippen LogP contribution in [0.4, 0.5) is 0 Å². The Kier molecular flexibility index (Phi) is 18.2. The van der Waals surface area contributed by atoms with E-state index in [0.717, 1.165) is 5.56 Å². The highest BCUT2D eigenvalue weighted by Gasteiger charge is 2.32. The standard InChI is InChI=1S/C37H51N7O11/c1-20(2)14-26(35(52)43-28(17-24-10-12-25(46)13-11-24)36(53)44-29(37(54)55)18-30(38)47)42-33(50)22(4)40-32(49)19-39-34(51)27(41-31(48)15-21(3)45)16-23-8-6-5-7-9-23/h5-13,20-22,26-29,45-46H,14-19H2,1-4H3,(H2,38,47)(H,39,51)(H,40,49)(H,41,48)(H,42,50)(H,43,52)(H,44,53)(H,54,55)/t21?,22-,26-,27-,28-,29-/m0/s1. The molecule has 0 bridgehead atoms. The first kappa shape index (κ1) is 45.1. The van der Waals surface area contributed by atoms with Crippen LogP contribution in [0.15, 0.2) is 54.6 Å². The normalized spacial score (nSPS) is 14.1. The van der Waals surface area contributed by atoms with Gasteiger partial charge in [-0.05, 0) is 49.4 Å². The number of rotatable bonds is 22. The third-order valence-electron chi connectivity index (χ3n) is 7.98. The van der Waals surface area contributed by atoms with E-state index < -0.39 is 96.6 Å². The van der Waals surface area contributed by atoms with Gasteiger partial charge in [-0.25, -0.2) is 4.79 Å². The second-order valence-corrected chi connectivity index (χ2v) is 13.6. The summed E-state index contributed by atoms with van der Waals surface area (Å²) in [6.45, 7) is 5.76. The van der Waals surface area contributed by atoms with Gasteiger partial charge in [-0.3, -0.25) is 33.6 Å². The van der Waals surface area contributed by atoms with Crippen molar-refractivity contribution >= 4 is 47.3 Å². The van der Waals surface area contributed by atoms with Crippen molar-refractivity contribution < 1.29 is 53.7 Å². The van der Waals surface area contributed by atoms with E-state index in [2.05, 4.69) is 31.9 Å². The Morgan fingerprint density at radius 1 is 0.618 bits per heavy atom. The van der Waals surface area contributed by atoms with Crippen LogP contribution in [0.2, 0.25) is 0 Å². The number of phenolic OH excluding ortho intramolecular Hbond substituents is 1. The van der Waals surface area contributed by atoms with Gasteiger partial charge in [0, 0.05) is 12.8 Å². The number of phenols is 1. The van der Waals surface area contributed by atoms with Crippen molar-refractivity contribution in [2.45, 2.75) is 96.1 Å². The molecular weight excluding hydrogens is 718 g/mol. The maximum absolute atomic E-state index is 13.6. The lowest BCUT2D eigenvalue weighted by Gasteiger charge is -2.26. The Balaban J connectivity index is 2.12. The third-order valence-corrected chi connectivity index (χ3v) is 7.98. The first-order chi connectivity index (χ1) is 25.8. The number of carboxylic acids is 1. The van der Waals surface area contributed by atoms with Gasteiger partial charge in [-0.1, -0.05) is 56.3 Å². The molecule has 2 aromatic rings. The average molecular weight is 770 g/mol. The van der Waals surface area contributed by atoms with Crippen molar-refractivity contribution in [2.75, 3.05) is 6.54 Å². The molecule has 18 heteroatoms. The summed E-state index contributed by atoms with van der Waals surface area (Å²) in [7, 11) is 0. The van der Waals surface area contributed by atoms with E-state index >= 15 is 0 Å². The maximum Gasteiger partial charge on any atom is 0.326 e. The number of primary amides is 1. The van der Waals surface area contributed by atoms with Crippen molar-refractivity contribution in [2.24, 2.45) is 11.7 Å². The van der Waals surface area contributed by atoms with E-state index in [0.29, 0.717) is 5.56 Å². The van der Waals surface area contributed by atoms with Gasteiger partial charge in [0.05, 0.1) is 25.5 Å². The first-order valence-corrected chi connectivity index (χ1v) is 17.6. The van der Waals surface area contributed by atoms with E-state index in [1.54, 1.807) is 44.2 Å². The second-order valence-electron chi connectivity index (χ2n) is 13.6. The number of hydrogen-bond acceptors (Lipinski definition) is 10. The van der Waals surface area contributed by atoms with Crippen LogP contribution < -0.4 is 37.6 Å². The SMILES string of the molecule is CC(C)C[C@H](NC(=O)[C@H](C)NC(=O)CNC(=O)[C@H](Cc1ccccc1)NC(=O)CC(C)O)C(=O)N[C@@H](Cc1ccc(O)cc1)C(=O)N[C@@H](CC(N)=O)C(=O)O. The number of benzene rings is 2. The monoisotopic (exact) mass is 769 g/mol. The summed E-state index contributed by atoms with van der Waals surface area (Å²) in [6, 6.07) is 7.88. The van der Waals surface area contributed by atoms with Crippen molar-refractivity contribution in [3.63, 3.8) is 0 Å². The number of nitrogens with two attached hydrogens (primary N) is 1. The highest BCUT2D eigenvalue weighted by molar-refractivity contribution is 5.96. The van der Waals surface area contributed by atoms with Crippen molar-refractivity contribution in [1.29, 1.82) is 0 Å². The molecule has 0 aliphatic heterocycles. The summed E-state index contributed by atoms with van der Waals surface area (Å²) in [5.41, 5.74) is 6.34. The van der Waals surface area contributed by atoms with E-state index in [9.17, 15) is 53.7 Å². The smallest absolute Gasteiger partial charge is 0.326 e. The van der Waals surface area contributed by atoms with Crippen molar-refractivity contribution in [1.82, 2.24) is 31.9 Å². The lowest BCUT2D eigenvalue weighted by atomic mass is 10.0. The maximum atomic E-state index is 13.6. The van der Waals surface area contributed by atoms with E-state index in [-0.39, 0.29) is 37.4 Å². The van der Waals surface area contributed by atoms with Gasteiger partial charge in [0.1, 0.15) is 36.0 Å². The third kappa shape index (κ3) is 17.1. The molecule has 55 heavy (non-hydrogen) atoms. The van der Waals surface area contributed by atoms with Crippen LogP contribution >= 0.6 is 0 Å². The van der Waals surface area contributed by atoms with Crippen molar-refractivity contribution in [3.05, 3.63) is 65.7 Å². The van der Waals surface area contributed by atoms with E-state index in [4.69, 9.17) is 5.73 Å². The summed E-state index contributed by atoms with van der Waals surface area (Å²) in [5.74, 6) is -7.29. The van der Waals surface area contributed by atoms with E-state index in [1.165, 1.54) is 38.1 Å². The minimum Gasteiger partial charge on any atom is -0.508 e. The van der Waals surface area contributed by atoms with Crippen LogP contribution in [-0.2, 0) is 51.2 Å². The van der Waals surface area contributed by atoms with Gasteiger partial charge in [0.25, 0.3) is 0 Å². The van der Waals surface area contributed by atoms with Crippen LogP contribution in [-0.4, -0.2) is 105 Å². The number of aliphatic hydroxyl groups is 1. The van der Waals surface area contributed by atoms with Gasteiger partial charge in [-0.15, -0.1) is 0 Å². The number of carboxylic acid groups (broad SMARTS) is 1. The second kappa shape index (κ2) is 22.2. The number of aliphatic hydroxyl groups excluding tert-OH is 1. The predicted octanol–water partition coefficient (Wildman–Crippen LogP) is -1.49. The summed E-state index contributed by atoms with van der Waals surface area (Å²) in [5, 5.41) is 43.5. The molecule has 0 saturated carbocycles. The first-order valence-electron chi connectivity index (χ1n) is 17.6. The predicted molar refractivity (Wildman–Crippen MR) is 197 cm³/mol. The molecule has 0 aromatic heterocycles.